The summed E-state index contributed by atoms with van der Waals surface area (Å²) in [5, 5.41) is 10.6. The zero-order valence-electron chi connectivity index (χ0n) is 11.8. The summed E-state index contributed by atoms with van der Waals surface area (Å²) in [6.07, 6.45) is 0. The molecule has 0 aliphatic rings. The van der Waals surface area contributed by atoms with E-state index in [0.717, 1.165) is 0 Å². The third kappa shape index (κ3) is 3.17. The lowest BCUT2D eigenvalue weighted by atomic mass is 9.98. The van der Waals surface area contributed by atoms with Gasteiger partial charge >= 0.3 is 5.97 Å². The fraction of sp³-hybridized carbons (Fsp3) is 0.125. The Morgan fingerprint density at radius 1 is 1.05 bits per heavy atom. The minimum atomic E-state index is -0.576. The zero-order valence-corrected chi connectivity index (χ0v) is 11.8. The molecule has 6 nitrogen and oxygen atoms in total. The number of rotatable bonds is 5. The molecule has 0 aromatic heterocycles. The van der Waals surface area contributed by atoms with Crippen LogP contribution >= 0.6 is 0 Å². The molecule has 0 heterocycles. The van der Waals surface area contributed by atoms with Gasteiger partial charge in [0.1, 0.15) is 0 Å². The van der Waals surface area contributed by atoms with Crippen molar-refractivity contribution >= 4 is 17.4 Å². The van der Waals surface area contributed by atoms with Crippen molar-refractivity contribution in [2.75, 3.05) is 6.61 Å². The number of carbonyl (C=O) groups excluding carboxylic acids is 2. The maximum atomic E-state index is 12.5. The molecule has 0 N–H and O–H groups in total. The Morgan fingerprint density at radius 2 is 1.64 bits per heavy atom. The topological polar surface area (TPSA) is 86.5 Å². The number of esters is 1. The second kappa shape index (κ2) is 6.62. The van der Waals surface area contributed by atoms with E-state index in [4.69, 9.17) is 4.74 Å². The number of nitro benzene ring substituents is 1. The number of nitro groups is 1. The highest BCUT2D eigenvalue weighted by Crippen LogP contribution is 2.18. The van der Waals surface area contributed by atoms with Crippen LogP contribution in [0.4, 0.5) is 5.69 Å². The largest absolute Gasteiger partial charge is 0.462 e. The minimum Gasteiger partial charge on any atom is -0.462 e. The number of nitrogens with zero attached hydrogens (tertiary/aromatic N) is 1. The van der Waals surface area contributed by atoms with Crippen LogP contribution in [0.3, 0.4) is 0 Å². The van der Waals surface area contributed by atoms with Crippen molar-refractivity contribution in [2.24, 2.45) is 0 Å². The van der Waals surface area contributed by atoms with Crippen LogP contribution < -0.4 is 0 Å². The lowest BCUT2D eigenvalue weighted by Crippen LogP contribution is -2.12. The Morgan fingerprint density at radius 3 is 2.18 bits per heavy atom. The van der Waals surface area contributed by atoms with Crippen molar-refractivity contribution in [3.05, 3.63) is 75.3 Å². The summed E-state index contributed by atoms with van der Waals surface area (Å²) in [4.78, 5) is 34.4. The quantitative estimate of drug-likeness (QED) is 0.366. The van der Waals surface area contributed by atoms with Crippen LogP contribution in [0.25, 0.3) is 0 Å². The van der Waals surface area contributed by atoms with Gasteiger partial charge in [-0.25, -0.2) is 4.79 Å². The molecule has 2 aromatic rings. The first-order valence-corrected chi connectivity index (χ1v) is 6.60. The number of carbonyl (C=O) groups is 2. The Hall–Kier alpha value is -3.02. The third-order valence-electron chi connectivity index (χ3n) is 3.01. The number of hydrogen-bond donors (Lipinski definition) is 0. The average Bonchev–Trinajstić information content (AvgIpc) is 2.54. The molecule has 2 aromatic carbocycles. The molecular formula is C16H13NO5. The predicted molar refractivity (Wildman–Crippen MR) is 78.9 cm³/mol. The van der Waals surface area contributed by atoms with Crippen LogP contribution in [-0.4, -0.2) is 23.3 Å². The van der Waals surface area contributed by atoms with E-state index < -0.39 is 16.7 Å². The molecule has 0 radical (unpaired) electrons. The predicted octanol–water partition coefficient (Wildman–Crippen LogP) is 3.00. The average molecular weight is 299 g/mol. The highest BCUT2D eigenvalue weighted by Gasteiger charge is 2.19. The third-order valence-corrected chi connectivity index (χ3v) is 3.01. The summed E-state index contributed by atoms with van der Waals surface area (Å²) in [5.74, 6) is -0.966. The number of benzene rings is 2. The van der Waals surface area contributed by atoms with Crippen LogP contribution in [0.5, 0.6) is 0 Å². The van der Waals surface area contributed by atoms with Gasteiger partial charge in [0, 0.05) is 23.3 Å². The molecule has 22 heavy (non-hydrogen) atoms. The molecule has 2 rings (SSSR count). The SMILES string of the molecule is CCOC(=O)c1ccccc1C(=O)c1ccc([N+](=O)[O-])cc1. The van der Waals surface area contributed by atoms with E-state index in [-0.39, 0.29) is 29.0 Å². The Labute approximate surface area is 126 Å². The Bertz CT molecular complexity index is 722. The minimum absolute atomic E-state index is 0.102. The van der Waals surface area contributed by atoms with Gasteiger partial charge in [-0.05, 0) is 25.1 Å². The van der Waals surface area contributed by atoms with E-state index in [1.165, 1.54) is 36.4 Å². The molecule has 0 fully saturated rings. The van der Waals surface area contributed by atoms with Gasteiger partial charge in [0.25, 0.3) is 5.69 Å². The van der Waals surface area contributed by atoms with E-state index >= 15 is 0 Å². The van der Waals surface area contributed by atoms with E-state index in [9.17, 15) is 19.7 Å². The highest BCUT2D eigenvalue weighted by molar-refractivity contribution is 6.14. The van der Waals surface area contributed by atoms with Crippen molar-refractivity contribution in [2.45, 2.75) is 6.92 Å². The summed E-state index contributed by atoms with van der Waals surface area (Å²) >= 11 is 0. The number of ketones is 1. The second-order valence-electron chi connectivity index (χ2n) is 4.40. The maximum absolute atomic E-state index is 12.5. The van der Waals surface area contributed by atoms with Crippen LogP contribution in [0.2, 0.25) is 0 Å². The van der Waals surface area contributed by atoms with Gasteiger partial charge in [-0.2, -0.15) is 0 Å². The monoisotopic (exact) mass is 299 g/mol. The van der Waals surface area contributed by atoms with Crippen molar-refractivity contribution < 1.29 is 19.2 Å². The summed E-state index contributed by atoms with van der Waals surface area (Å²) in [5.41, 5.74) is 0.542. The van der Waals surface area contributed by atoms with E-state index in [1.54, 1.807) is 19.1 Å². The second-order valence-corrected chi connectivity index (χ2v) is 4.40. The number of hydrogen-bond acceptors (Lipinski definition) is 5. The van der Waals surface area contributed by atoms with Gasteiger partial charge in [0.05, 0.1) is 17.1 Å². The van der Waals surface area contributed by atoms with Gasteiger partial charge in [-0.1, -0.05) is 18.2 Å². The smallest absolute Gasteiger partial charge is 0.338 e. The van der Waals surface area contributed by atoms with Crippen molar-refractivity contribution in [3.63, 3.8) is 0 Å². The van der Waals surface area contributed by atoms with Crippen molar-refractivity contribution in [1.82, 2.24) is 0 Å². The molecule has 6 heteroatoms. The molecule has 0 aliphatic carbocycles. The molecule has 0 atom stereocenters. The van der Waals surface area contributed by atoms with Crippen LogP contribution in [0, 0.1) is 10.1 Å². The first-order chi connectivity index (χ1) is 10.5. The highest BCUT2D eigenvalue weighted by atomic mass is 16.6. The lowest BCUT2D eigenvalue weighted by molar-refractivity contribution is -0.384. The first kappa shape index (κ1) is 15.4. The van der Waals surface area contributed by atoms with E-state index in [2.05, 4.69) is 0 Å². The van der Waals surface area contributed by atoms with Gasteiger partial charge in [-0.3, -0.25) is 14.9 Å². The fourth-order valence-corrected chi connectivity index (χ4v) is 1.96. The van der Waals surface area contributed by atoms with Gasteiger partial charge < -0.3 is 4.74 Å². The van der Waals surface area contributed by atoms with Crippen LogP contribution in [0.1, 0.15) is 33.2 Å². The summed E-state index contributed by atoms with van der Waals surface area (Å²) in [6, 6.07) is 11.5. The zero-order chi connectivity index (χ0) is 16.1. The molecule has 0 saturated heterocycles. The molecule has 0 saturated carbocycles. The van der Waals surface area contributed by atoms with Gasteiger partial charge in [0.15, 0.2) is 5.78 Å². The molecule has 0 aliphatic heterocycles. The molecule has 0 unspecified atom stereocenters. The van der Waals surface area contributed by atoms with E-state index in [1.807, 2.05) is 0 Å². The summed E-state index contributed by atoms with van der Waals surface area (Å²) in [6.45, 7) is 1.89. The molecular weight excluding hydrogens is 286 g/mol. The van der Waals surface area contributed by atoms with Crippen LogP contribution in [0.15, 0.2) is 48.5 Å². The molecule has 0 bridgehead atoms. The Balaban J connectivity index is 2.37. The molecule has 112 valence electrons. The number of non-ortho nitro benzene ring substituents is 1. The molecule has 0 amide bonds. The van der Waals surface area contributed by atoms with Crippen LogP contribution in [-0.2, 0) is 4.74 Å². The maximum Gasteiger partial charge on any atom is 0.338 e. The lowest BCUT2D eigenvalue weighted by Gasteiger charge is -2.08. The number of ether oxygens (including phenoxy) is 1. The van der Waals surface area contributed by atoms with E-state index in [0.29, 0.717) is 0 Å². The van der Waals surface area contributed by atoms with Crippen molar-refractivity contribution in [1.29, 1.82) is 0 Å². The van der Waals surface area contributed by atoms with Gasteiger partial charge in [-0.15, -0.1) is 0 Å². The van der Waals surface area contributed by atoms with Crippen molar-refractivity contribution in [3.8, 4) is 0 Å². The molecule has 0 spiro atoms. The fourth-order valence-electron chi connectivity index (χ4n) is 1.96. The van der Waals surface area contributed by atoms with Gasteiger partial charge in [0.2, 0.25) is 0 Å². The standard InChI is InChI=1S/C16H13NO5/c1-2-22-16(19)14-6-4-3-5-13(14)15(18)11-7-9-12(10-8-11)17(20)21/h3-10H,2H2,1H3. The Kier molecular flexibility index (Phi) is 4.63. The summed E-state index contributed by atoms with van der Waals surface area (Å²) < 4.78 is 4.92. The first-order valence-electron chi connectivity index (χ1n) is 6.60. The summed E-state index contributed by atoms with van der Waals surface area (Å²) in [7, 11) is 0. The normalized spacial score (nSPS) is 10.0.